The van der Waals surface area contributed by atoms with Gasteiger partial charge in [-0.15, -0.1) is 0 Å². The number of fused-ring (bicyclic) bond motifs is 2. The average molecular weight is 432 g/mol. The van der Waals surface area contributed by atoms with Crippen LogP contribution in [0, 0.1) is 23.7 Å². The molecule has 0 radical (unpaired) electrons. The number of hydrogen-bond acceptors (Lipinski definition) is 6. The SMILES string of the molecule is Cc1nn(-c2ccc3cn[nH]c3c2)c2cc(/C(=C/C=N)NCc3ccc(C#N)cc3)ncc12. The Morgan fingerprint density at radius 2 is 2.03 bits per heavy atom. The summed E-state index contributed by atoms with van der Waals surface area (Å²) in [5, 5.41) is 33.8. The van der Waals surface area contributed by atoms with Gasteiger partial charge < -0.3 is 10.7 Å². The first-order valence-corrected chi connectivity index (χ1v) is 10.4. The number of H-pyrrole nitrogens is 1. The molecular formula is C25H20N8. The third kappa shape index (κ3) is 3.83. The Labute approximate surface area is 189 Å². The highest BCUT2D eigenvalue weighted by Crippen LogP contribution is 2.25. The van der Waals surface area contributed by atoms with Gasteiger partial charge in [0, 0.05) is 29.7 Å². The summed E-state index contributed by atoms with van der Waals surface area (Å²) in [5.74, 6) is 0. The Bertz CT molecular complexity index is 1550. The second-order valence-electron chi connectivity index (χ2n) is 7.63. The van der Waals surface area contributed by atoms with Crippen LogP contribution in [0.2, 0.25) is 0 Å². The minimum absolute atomic E-state index is 0.542. The lowest BCUT2D eigenvalue weighted by Crippen LogP contribution is -2.13. The molecule has 0 aliphatic rings. The first kappa shape index (κ1) is 20.2. The van der Waals surface area contributed by atoms with Crippen molar-refractivity contribution in [3.05, 3.63) is 89.5 Å². The highest BCUT2D eigenvalue weighted by atomic mass is 15.3. The molecule has 160 valence electrons. The van der Waals surface area contributed by atoms with E-state index in [1.165, 1.54) is 6.21 Å². The van der Waals surface area contributed by atoms with E-state index in [-0.39, 0.29) is 0 Å². The van der Waals surface area contributed by atoms with E-state index in [2.05, 4.69) is 26.6 Å². The molecule has 0 saturated carbocycles. The fraction of sp³-hybridized carbons (Fsp3) is 0.0800. The normalized spacial score (nSPS) is 11.6. The smallest absolute Gasteiger partial charge is 0.0991 e. The zero-order valence-corrected chi connectivity index (χ0v) is 17.9. The lowest BCUT2D eigenvalue weighted by Gasteiger charge is -2.11. The monoisotopic (exact) mass is 432 g/mol. The molecule has 8 nitrogen and oxygen atoms in total. The van der Waals surface area contributed by atoms with Crippen LogP contribution < -0.4 is 5.32 Å². The van der Waals surface area contributed by atoms with Crippen molar-refractivity contribution in [2.45, 2.75) is 13.5 Å². The number of rotatable bonds is 6. The molecule has 8 heteroatoms. The first-order chi connectivity index (χ1) is 16.2. The predicted octanol–water partition coefficient (Wildman–Crippen LogP) is 4.26. The molecule has 3 N–H and O–H groups in total. The molecule has 3 heterocycles. The molecule has 0 bridgehead atoms. The summed E-state index contributed by atoms with van der Waals surface area (Å²) in [6.07, 6.45) is 6.53. The highest BCUT2D eigenvalue weighted by Gasteiger charge is 2.13. The Morgan fingerprint density at radius 1 is 1.18 bits per heavy atom. The summed E-state index contributed by atoms with van der Waals surface area (Å²) in [7, 11) is 0. The summed E-state index contributed by atoms with van der Waals surface area (Å²) in [4.78, 5) is 4.63. The summed E-state index contributed by atoms with van der Waals surface area (Å²) in [6.45, 7) is 2.51. The Hall–Kier alpha value is -4.77. The van der Waals surface area contributed by atoms with Gasteiger partial charge in [-0.2, -0.15) is 15.5 Å². The first-order valence-electron chi connectivity index (χ1n) is 10.4. The molecule has 0 amide bonds. The van der Waals surface area contributed by atoms with Crippen LogP contribution >= 0.6 is 0 Å². The van der Waals surface area contributed by atoms with Crippen molar-refractivity contribution in [2.75, 3.05) is 0 Å². The van der Waals surface area contributed by atoms with Gasteiger partial charge in [0.25, 0.3) is 0 Å². The summed E-state index contributed by atoms with van der Waals surface area (Å²) in [6, 6.07) is 17.6. The number of nitriles is 1. The van der Waals surface area contributed by atoms with E-state index in [9.17, 15) is 0 Å². The summed E-state index contributed by atoms with van der Waals surface area (Å²) >= 11 is 0. The summed E-state index contributed by atoms with van der Waals surface area (Å²) in [5.41, 5.74) is 6.76. The van der Waals surface area contributed by atoms with Gasteiger partial charge >= 0.3 is 0 Å². The fourth-order valence-corrected chi connectivity index (χ4v) is 3.77. The van der Waals surface area contributed by atoms with Gasteiger partial charge in [0.15, 0.2) is 0 Å². The van der Waals surface area contributed by atoms with Crippen LogP contribution in [-0.2, 0) is 6.54 Å². The van der Waals surface area contributed by atoms with Gasteiger partial charge in [-0.25, -0.2) is 4.68 Å². The van der Waals surface area contributed by atoms with Crippen molar-refractivity contribution >= 4 is 33.7 Å². The minimum atomic E-state index is 0.542. The number of hydrogen-bond donors (Lipinski definition) is 3. The van der Waals surface area contributed by atoms with E-state index in [0.29, 0.717) is 17.8 Å². The van der Waals surface area contributed by atoms with Crippen molar-refractivity contribution in [3.63, 3.8) is 0 Å². The number of allylic oxidation sites excluding steroid dienone is 1. The Balaban J connectivity index is 1.51. The van der Waals surface area contributed by atoms with E-state index in [1.54, 1.807) is 24.4 Å². The standard InChI is InChI=1S/C25H20N8/c1-16-21-15-29-24(22(8-9-26)28-13-18-4-2-17(12-27)3-5-18)11-25(21)33(32-16)20-7-6-19-14-30-31-23(19)10-20/h2-11,14-15,26,28H,13H2,1H3,(H,30,31)/b22-8-,26-9?. The lowest BCUT2D eigenvalue weighted by molar-refractivity contribution is 0.880. The number of aryl methyl sites for hydroxylation is 1. The topological polar surface area (TPSA) is 119 Å². The maximum Gasteiger partial charge on any atom is 0.0991 e. The predicted molar refractivity (Wildman–Crippen MR) is 128 cm³/mol. The molecule has 0 unspecified atom stereocenters. The van der Waals surface area contributed by atoms with Crippen molar-refractivity contribution < 1.29 is 0 Å². The van der Waals surface area contributed by atoms with Crippen LogP contribution in [-0.4, -0.2) is 31.2 Å². The van der Waals surface area contributed by atoms with Crippen molar-refractivity contribution in [3.8, 4) is 11.8 Å². The average Bonchev–Trinajstić information content (AvgIpc) is 3.45. The number of aromatic amines is 1. The van der Waals surface area contributed by atoms with Crippen LogP contribution in [0.25, 0.3) is 33.2 Å². The van der Waals surface area contributed by atoms with Crippen molar-refractivity contribution in [2.24, 2.45) is 0 Å². The molecule has 33 heavy (non-hydrogen) atoms. The quantitative estimate of drug-likeness (QED) is 0.347. The van der Waals surface area contributed by atoms with Crippen LogP contribution in [0.15, 0.2) is 67.0 Å². The van der Waals surface area contributed by atoms with E-state index < -0.39 is 0 Å². The lowest BCUT2D eigenvalue weighted by atomic mass is 10.1. The Kier molecular flexibility index (Phi) is 5.13. The molecular weight excluding hydrogens is 412 g/mol. The second kappa shape index (κ2) is 8.40. The molecule has 0 atom stereocenters. The maximum atomic E-state index is 8.98. The van der Waals surface area contributed by atoms with Crippen LogP contribution in [0.1, 0.15) is 22.5 Å². The van der Waals surface area contributed by atoms with Crippen molar-refractivity contribution in [1.82, 2.24) is 30.3 Å². The molecule has 5 aromatic rings. The third-order valence-electron chi connectivity index (χ3n) is 5.51. The molecule has 0 saturated heterocycles. The molecule has 5 rings (SSSR count). The van der Waals surface area contributed by atoms with Crippen LogP contribution in [0.5, 0.6) is 0 Å². The zero-order valence-electron chi connectivity index (χ0n) is 17.9. The van der Waals surface area contributed by atoms with E-state index >= 15 is 0 Å². The number of aromatic nitrogens is 5. The van der Waals surface area contributed by atoms with E-state index in [4.69, 9.17) is 15.8 Å². The molecule has 2 aromatic carbocycles. The second-order valence-corrected chi connectivity index (χ2v) is 7.63. The van der Waals surface area contributed by atoms with Gasteiger partial charge in [0.05, 0.1) is 51.6 Å². The number of pyridine rings is 1. The zero-order chi connectivity index (χ0) is 22.8. The molecule has 0 aliphatic carbocycles. The van der Waals surface area contributed by atoms with Crippen LogP contribution in [0.4, 0.5) is 0 Å². The van der Waals surface area contributed by atoms with Gasteiger partial charge in [-0.1, -0.05) is 12.1 Å². The van der Waals surface area contributed by atoms with Gasteiger partial charge in [0.2, 0.25) is 0 Å². The van der Waals surface area contributed by atoms with Gasteiger partial charge in [-0.3, -0.25) is 10.1 Å². The largest absolute Gasteiger partial charge is 0.379 e. The van der Waals surface area contributed by atoms with E-state index in [0.717, 1.165) is 44.4 Å². The molecule has 0 spiro atoms. The van der Waals surface area contributed by atoms with Crippen molar-refractivity contribution in [1.29, 1.82) is 10.7 Å². The minimum Gasteiger partial charge on any atom is -0.379 e. The summed E-state index contributed by atoms with van der Waals surface area (Å²) < 4.78 is 1.90. The molecule has 3 aromatic heterocycles. The Morgan fingerprint density at radius 3 is 2.82 bits per heavy atom. The van der Waals surface area contributed by atoms with Gasteiger partial charge in [-0.05, 0) is 55.0 Å². The number of nitrogens with one attached hydrogen (secondary N) is 3. The number of benzene rings is 2. The highest BCUT2D eigenvalue weighted by molar-refractivity contribution is 5.88. The third-order valence-corrected chi connectivity index (χ3v) is 5.51. The van der Waals surface area contributed by atoms with E-state index in [1.807, 2.05) is 54.2 Å². The van der Waals surface area contributed by atoms with Crippen LogP contribution in [0.3, 0.4) is 0 Å². The molecule has 0 fully saturated rings. The van der Waals surface area contributed by atoms with Gasteiger partial charge in [0.1, 0.15) is 0 Å². The molecule has 0 aliphatic heterocycles. The number of nitrogens with zero attached hydrogens (tertiary/aromatic N) is 5. The maximum absolute atomic E-state index is 8.98. The fourth-order valence-electron chi connectivity index (χ4n) is 3.77.